The molecule has 5 heteroatoms. The number of hydrogen-bond acceptors (Lipinski definition) is 0. The van der Waals surface area contributed by atoms with Crippen molar-refractivity contribution in [1.82, 2.24) is 0 Å². The van der Waals surface area contributed by atoms with Crippen molar-refractivity contribution in [3.63, 3.8) is 0 Å². The monoisotopic (exact) mass is 251 g/mol. The van der Waals surface area contributed by atoms with E-state index >= 15 is 0 Å². The summed E-state index contributed by atoms with van der Waals surface area (Å²) in [4.78, 5) is -0.543. The number of rotatable bonds is 2. The highest BCUT2D eigenvalue weighted by Gasteiger charge is 2.18. The first-order valence-electron chi connectivity index (χ1n) is 1.83. The van der Waals surface area contributed by atoms with Crippen molar-refractivity contribution in [1.29, 1.82) is 0 Å². The van der Waals surface area contributed by atoms with E-state index in [9.17, 15) is 0 Å². The maximum absolute atomic E-state index is 5.59. The first-order chi connectivity index (χ1) is 3.55. The third-order valence-corrected chi connectivity index (χ3v) is 3.27. The summed E-state index contributed by atoms with van der Waals surface area (Å²) in [6, 6.07) is 0. The van der Waals surface area contributed by atoms with Gasteiger partial charge in [-0.25, -0.2) is 0 Å². The van der Waals surface area contributed by atoms with Crippen molar-refractivity contribution in [2.45, 2.75) is 14.7 Å². The van der Waals surface area contributed by atoms with Crippen molar-refractivity contribution >= 4 is 61.0 Å². The largest absolute Gasteiger partial charge is 0.124 e. The second kappa shape index (κ2) is 4.39. The van der Waals surface area contributed by atoms with Gasteiger partial charge in [-0.15, -0.1) is 34.8 Å². The van der Waals surface area contributed by atoms with Gasteiger partial charge in [0.2, 0.25) is 0 Å². The smallest absolute Gasteiger partial charge is 0.119 e. The summed E-state index contributed by atoms with van der Waals surface area (Å²) in [7, 11) is 3.20. The lowest BCUT2D eigenvalue weighted by atomic mass is 10.5. The van der Waals surface area contributed by atoms with Crippen molar-refractivity contribution in [3.8, 4) is 0 Å². The van der Waals surface area contributed by atoms with Gasteiger partial charge in [-0.1, -0.05) is 15.9 Å². The summed E-state index contributed by atoms with van der Waals surface area (Å²) in [5.74, 6) is 0. The van der Waals surface area contributed by atoms with E-state index in [0.29, 0.717) is 0 Å². The van der Waals surface area contributed by atoms with Crippen LogP contribution in [0.5, 0.6) is 0 Å². The van der Waals surface area contributed by atoms with Gasteiger partial charge in [0.15, 0.2) is 0 Å². The molecule has 0 nitrogen and oxygen atoms in total. The standard InChI is InChI=1S/C3H3BrCl3Si/c4-2(8)1(5)3(6)7/h1-3H. The maximum Gasteiger partial charge on any atom is 0.124 e. The fraction of sp³-hybridized carbons (Fsp3) is 1.00. The molecular weight excluding hydrogens is 250 g/mol. The predicted octanol–water partition coefficient (Wildman–Crippen LogP) is 2.29. The zero-order valence-corrected chi connectivity index (χ0v) is 8.60. The van der Waals surface area contributed by atoms with E-state index in [0.717, 1.165) is 0 Å². The van der Waals surface area contributed by atoms with Crippen LogP contribution >= 0.6 is 50.7 Å². The summed E-state index contributed by atoms with van der Waals surface area (Å²) < 4.78 is -0.0378. The van der Waals surface area contributed by atoms with Gasteiger partial charge in [0, 0.05) is 14.7 Å². The third kappa shape index (κ3) is 3.57. The molecule has 0 aromatic carbocycles. The molecule has 0 aliphatic heterocycles. The Labute approximate surface area is 75.4 Å². The van der Waals surface area contributed by atoms with Gasteiger partial charge in [0.05, 0.1) is 5.38 Å². The molecule has 0 aromatic rings. The van der Waals surface area contributed by atoms with Crippen molar-refractivity contribution in [2.24, 2.45) is 0 Å². The lowest BCUT2D eigenvalue weighted by Gasteiger charge is -2.10. The zero-order chi connectivity index (χ0) is 6.73. The van der Waals surface area contributed by atoms with Gasteiger partial charge in [-0.3, -0.25) is 0 Å². The fourth-order valence-electron chi connectivity index (χ4n) is 0.128. The van der Waals surface area contributed by atoms with Crippen molar-refractivity contribution < 1.29 is 0 Å². The van der Waals surface area contributed by atoms with Crippen LogP contribution in [-0.2, 0) is 0 Å². The Kier molecular flexibility index (Phi) is 5.25. The molecule has 47 valence electrons. The summed E-state index contributed by atoms with van der Waals surface area (Å²) >= 11 is 19.5. The van der Waals surface area contributed by atoms with Crippen LogP contribution in [0.1, 0.15) is 0 Å². The molecule has 8 heavy (non-hydrogen) atoms. The van der Waals surface area contributed by atoms with E-state index in [1.807, 2.05) is 0 Å². The highest BCUT2D eigenvalue weighted by molar-refractivity contribution is 9.10. The molecule has 0 saturated heterocycles. The molecule has 0 aliphatic carbocycles. The zero-order valence-electron chi connectivity index (χ0n) is 3.74. The van der Waals surface area contributed by atoms with Gasteiger partial charge in [-0.2, -0.15) is 0 Å². The lowest BCUT2D eigenvalue weighted by molar-refractivity contribution is 1.02. The molecule has 0 spiro atoms. The predicted molar refractivity (Wildman–Crippen MR) is 43.6 cm³/mol. The minimum atomic E-state index is -0.543. The Morgan fingerprint density at radius 3 is 1.62 bits per heavy atom. The molecule has 0 aromatic heterocycles. The number of hydrogen-bond donors (Lipinski definition) is 0. The summed E-state index contributed by atoms with van der Waals surface area (Å²) in [6.45, 7) is 0. The highest BCUT2D eigenvalue weighted by atomic mass is 79.9. The number of alkyl halides is 4. The molecule has 0 rings (SSSR count). The van der Waals surface area contributed by atoms with Crippen molar-refractivity contribution in [2.75, 3.05) is 0 Å². The van der Waals surface area contributed by atoms with Crippen LogP contribution in [0.2, 0.25) is 0 Å². The Morgan fingerprint density at radius 1 is 1.25 bits per heavy atom. The van der Waals surface area contributed by atoms with Gasteiger partial charge in [0.1, 0.15) is 4.84 Å². The van der Waals surface area contributed by atoms with Gasteiger partial charge >= 0.3 is 0 Å². The first-order valence-corrected chi connectivity index (χ1v) is 4.63. The average Bonchev–Trinajstić information content (AvgIpc) is 1.64. The highest BCUT2D eigenvalue weighted by Crippen LogP contribution is 2.20. The second-order valence-electron chi connectivity index (χ2n) is 1.18. The van der Waals surface area contributed by atoms with Gasteiger partial charge in [-0.05, 0) is 0 Å². The van der Waals surface area contributed by atoms with Gasteiger partial charge in [0.25, 0.3) is 0 Å². The quantitative estimate of drug-likeness (QED) is 0.523. The average molecular weight is 253 g/mol. The molecule has 0 heterocycles. The topological polar surface area (TPSA) is 0 Å². The van der Waals surface area contributed by atoms with E-state index in [1.165, 1.54) is 0 Å². The molecule has 0 amide bonds. The molecule has 2 unspecified atom stereocenters. The number of halogens is 4. The summed E-state index contributed by atoms with van der Waals surface area (Å²) in [5, 5.41) is -0.296. The van der Waals surface area contributed by atoms with Crippen LogP contribution in [0.4, 0.5) is 0 Å². The molecule has 3 radical (unpaired) electrons. The van der Waals surface area contributed by atoms with Crippen LogP contribution < -0.4 is 0 Å². The third-order valence-electron chi connectivity index (χ3n) is 0.520. The molecular formula is C3H3BrCl3Si. The van der Waals surface area contributed by atoms with E-state index in [-0.39, 0.29) is 9.83 Å². The van der Waals surface area contributed by atoms with Crippen molar-refractivity contribution in [3.05, 3.63) is 0 Å². The molecule has 0 fully saturated rings. The fourth-order valence-corrected chi connectivity index (χ4v) is 1.51. The molecule has 0 bridgehead atoms. The first kappa shape index (κ1) is 9.57. The Bertz CT molecular complexity index is 59.5. The van der Waals surface area contributed by atoms with Crippen LogP contribution in [-0.4, -0.2) is 24.9 Å². The normalized spacial score (nSPS) is 18.8. The minimum absolute atomic E-state index is 0.0378. The van der Waals surface area contributed by atoms with E-state index in [2.05, 4.69) is 26.2 Å². The van der Waals surface area contributed by atoms with E-state index in [1.54, 1.807) is 0 Å². The van der Waals surface area contributed by atoms with Crippen LogP contribution in [0.15, 0.2) is 0 Å². The van der Waals surface area contributed by atoms with E-state index < -0.39 is 4.84 Å². The van der Waals surface area contributed by atoms with Crippen LogP contribution in [0, 0.1) is 0 Å². The Balaban J connectivity index is 3.46. The SMILES string of the molecule is [Si]C(Br)C(Cl)C(Cl)Cl. The minimum Gasteiger partial charge on any atom is -0.119 e. The molecule has 0 N–H and O–H groups in total. The summed E-state index contributed by atoms with van der Waals surface area (Å²) in [6.07, 6.45) is 0. The Hall–Kier alpha value is 1.57. The van der Waals surface area contributed by atoms with Crippen LogP contribution in [0.25, 0.3) is 0 Å². The van der Waals surface area contributed by atoms with Crippen LogP contribution in [0.3, 0.4) is 0 Å². The molecule has 0 aliphatic rings. The van der Waals surface area contributed by atoms with Gasteiger partial charge < -0.3 is 0 Å². The molecule has 2 atom stereocenters. The maximum atomic E-state index is 5.59. The van der Waals surface area contributed by atoms with E-state index in [4.69, 9.17) is 34.8 Å². The summed E-state index contributed by atoms with van der Waals surface area (Å²) in [5.41, 5.74) is 0. The second-order valence-corrected chi connectivity index (χ2v) is 5.30. The Morgan fingerprint density at radius 2 is 1.62 bits per heavy atom. The molecule has 0 saturated carbocycles. The lowest BCUT2D eigenvalue weighted by Crippen LogP contribution is -2.20.